The van der Waals surface area contributed by atoms with E-state index in [1.165, 1.54) is 0 Å². The van der Waals surface area contributed by atoms with E-state index in [-0.39, 0.29) is 0 Å². The molecule has 0 saturated heterocycles. The maximum Gasteiger partial charge on any atom is 0.481 e. The first-order chi connectivity index (χ1) is 4.31. The summed E-state index contributed by atoms with van der Waals surface area (Å²) in [6, 6.07) is 0. The molecule has 1 N–H and O–H groups in total. The number of nitrogens with zero attached hydrogens (tertiary/aromatic N) is 1. The summed E-state index contributed by atoms with van der Waals surface area (Å²) in [5, 5.41) is -4.78. The molecule has 0 aromatic heterocycles. The van der Waals surface area contributed by atoms with Crippen LogP contribution in [0.1, 0.15) is 0 Å². The molecule has 5 nitrogen and oxygen atoms in total. The lowest BCUT2D eigenvalue weighted by molar-refractivity contribution is 0.0911. The van der Waals surface area contributed by atoms with Gasteiger partial charge in [0.05, 0.1) is 0 Å². The highest BCUT2D eigenvalue weighted by Gasteiger charge is 2.44. The summed E-state index contributed by atoms with van der Waals surface area (Å²) in [4.78, 5) is 10.7. The third-order valence-corrected chi connectivity index (χ3v) is 1.20. The minimum Gasteiger partial charge on any atom is -0.279 e. The summed E-state index contributed by atoms with van der Waals surface area (Å²) in [7, 11) is -5.63. The molecule has 0 atom stereocenters. The molecule has 0 fully saturated rings. The van der Waals surface area contributed by atoms with Gasteiger partial charge in [-0.05, 0) is 0 Å². The molecular weight excluding hydrogens is 172 g/mol. The van der Waals surface area contributed by atoms with Crippen LogP contribution < -0.4 is 0 Å². The topological polar surface area (TPSA) is 83.8 Å². The molecule has 0 aromatic carbocycles. The summed E-state index contributed by atoms with van der Waals surface area (Å²) < 4.78 is 50.1. The van der Waals surface area contributed by atoms with E-state index in [0.29, 0.717) is 6.08 Å². The van der Waals surface area contributed by atoms with Crippen molar-refractivity contribution in [3.8, 4) is 0 Å². The van der Waals surface area contributed by atoms with Crippen LogP contribution in [0.2, 0.25) is 0 Å². The molecular formula is C2HF2NO4S. The summed E-state index contributed by atoms with van der Waals surface area (Å²) >= 11 is 0. The van der Waals surface area contributed by atoms with E-state index in [1.807, 2.05) is 0 Å². The first-order valence-corrected chi connectivity index (χ1v) is 3.19. The Balaban J connectivity index is 4.94. The lowest BCUT2D eigenvalue weighted by Crippen LogP contribution is -2.25. The maximum atomic E-state index is 11.7. The van der Waals surface area contributed by atoms with Crippen molar-refractivity contribution in [2.75, 3.05) is 0 Å². The van der Waals surface area contributed by atoms with Crippen molar-refractivity contribution in [1.29, 1.82) is 0 Å². The largest absolute Gasteiger partial charge is 0.481 e. The van der Waals surface area contributed by atoms with Gasteiger partial charge in [0, 0.05) is 0 Å². The van der Waals surface area contributed by atoms with Crippen LogP contribution >= 0.6 is 0 Å². The van der Waals surface area contributed by atoms with Gasteiger partial charge in [-0.3, -0.25) is 4.55 Å². The van der Waals surface area contributed by atoms with Gasteiger partial charge >= 0.3 is 15.5 Å². The van der Waals surface area contributed by atoms with Crippen LogP contribution in [0.4, 0.5) is 8.78 Å². The van der Waals surface area contributed by atoms with Gasteiger partial charge in [0.25, 0.3) is 0 Å². The maximum absolute atomic E-state index is 11.7. The second-order valence-corrected chi connectivity index (χ2v) is 2.61. The predicted molar refractivity (Wildman–Crippen MR) is 24.6 cm³/mol. The zero-order chi connectivity index (χ0) is 8.41. The van der Waals surface area contributed by atoms with Crippen molar-refractivity contribution >= 4 is 16.2 Å². The first-order valence-electron chi connectivity index (χ1n) is 1.75. The van der Waals surface area contributed by atoms with Crippen molar-refractivity contribution in [2.45, 2.75) is 5.38 Å². The monoisotopic (exact) mass is 173 g/mol. The van der Waals surface area contributed by atoms with E-state index < -0.39 is 15.5 Å². The molecule has 58 valence electrons. The van der Waals surface area contributed by atoms with Gasteiger partial charge in [0.15, 0.2) is 0 Å². The van der Waals surface area contributed by atoms with Gasteiger partial charge in [-0.15, -0.1) is 4.99 Å². The number of rotatable bonds is 2. The fourth-order valence-electron chi connectivity index (χ4n) is 0.111. The molecule has 8 heteroatoms. The lowest BCUT2D eigenvalue weighted by atomic mass is 11.2. The van der Waals surface area contributed by atoms with E-state index in [1.54, 1.807) is 4.99 Å². The standard InChI is InChI=1S/C2HF2NO4S/c3-2(4,5-1-6)10(7,8)9/h(H,7,8,9). The van der Waals surface area contributed by atoms with Crippen molar-refractivity contribution in [2.24, 2.45) is 4.99 Å². The molecule has 0 rings (SSSR count). The Hall–Kier alpha value is -0.850. The molecule has 0 spiro atoms. The first kappa shape index (κ1) is 9.15. The van der Waals surface area contributed by atoms with Gasteiger partial charge in [0.2, 0.25) is 6.08 Å². The van der Waals surface area contributed by atoms with E-state index in [2.05, 4.69) is 0 Å². The molecule has 0 aliphatic rings. The Morgan fingerprint density at radius 3 is 2.00 bits per heavy atom. The van der Waals surface area contributed by atoms with E-state index in [0.717, 1.165) is 0 Å². The van der Waals surface area contributed by atoms with Crippen LogP contribution in [0, 0.1) is 0 Å². The normalized spacial score (nSPS) is 12.3. The van der Waals surface area contributed by atoms with Crippen molar-refractivity contribution < 1.29 is 26.5 Å². The number of aliphatic imine (C=N–C) groups is 1. The van der Waals surface area contributed by atoms with Crippen molar-refractivity contribution in [1.82, 2.24) is 0 Å². The number of isocyanates is 1. The minimum absolute atomic E-state index is 0.300. The van der Waals surface area contributed by atoms with Crippen molar-refractivity contribution in [3.05, 3.63) is 0 Å². The molecule has 0 radical (unpaired) electrons. The Kier molecular flexibility index (Phi) is 2.20. The highest BCUT2D eigenvalue weighted by atomic mass is 32.2. The Morgan fingerprint density at radius 2 is 1.90 bits per heavy atom. The summed E-state index contributed by atoms with van der Waals surface area (Å²) in [6.07, 6.45) is 0.300. The van der Waals surface area contributed by atoms with Gasteiger partial charge in [-0.2, -0.15) is 17.2 Å². The summed E-state index contributed by atoms with van der Waals surface area (Å²) in [5.74, 6) is 0. The Bertz CT molecular complexity index is 263. The van der Waals surface area contributed by atoms with E-state index >= 15 is 0 Å². The van der Waals surface area contributed by atoms with Crippen LogP contribution in [0.3, 0.4) is 0 Å². The van der Waals surface area contributed by atoms with E-state index in [9.17, 15) is 17.2 Å². The number of carbonyl (C=O) groups excluding carboxylic acids is 1. The quantitative estimate of drug-likeness (QED) is 0.270. The van der Waals surface area contributed by atoms with Gasteiger partial charge in [-0.25, -0.2) is 4.79 Å². The average molecular weight is 173 g/mol. The highest BCUT2D eigenvalue weighted by Crippen LogP contribution is 2.20. The van der Waals surface area contributed by atoms with E-state index in [4.69, 9.17) is 9.35 Å². The average Bonchev–Trinajstić information content (AvgIpc) is 1.61. The second kappa shape index (κ2) is 2.41. The van der Waals surface area contributed by atoms with Crippen LogP contribution in [0.25, 0.3) is 0 Å². The molecule has 0 heterocycles. The number of alkyl halides is 2. The molecule has 0 unspecified atom stereocenters. The second-order valence-electron chi connectivity index (χ2n) is 1.16. The zero-order valence-corrected chi connectivity index (χ0v) is 5.10. The zero-order valence-electron chi connectivity index (χ0n) is 4.28. The summed E-state index contributed by atoms with van der Waals surface area (Å²) in [5.41, 5.74) is 0. The van der Waals surface area contributed by atoms with Crippen molar-refractivity contribution in [3.63, 3.8) is 0 Å². The fourth-order valence-corrected chi connectivity index (χ4v) is 0.263. The highest BCUT2D eigenvalue weighted by molar-refractivity contribution is 7.86. The third kappa shape index (κ3) is 1.83. The third-order valence-electron chi connectivity index (χ3n) is 0.486. The van der Waals surface area contributed by atoms with Crippen LogP contribution in [0.5, 0.6) is 0 Å². The van der Waals surface area contributed by atoms with Crippen LogP contribution in [-0.4, -0.2) is 24.4 Å². The van der Waals surface area contributed by atoms with Gasteiger partial charge in [0.1, 0.15) is 0 Å². The van der Waals surface area contributed by atoms with Crippen LogP contribution in [-0.2, 0) is 14.9 Å². The van der Waals surface area contributed by atoms with Gasteiger partial charge < -0.3 is 0 Å². The summed E-state index contributed by atoms with van der Waals surface area (Å²) in [6.45, 7) is 0. The molecule has 0 saturated carbocycles. The number of halogens is 2. The minimum atomic E-state index is -5.63. The van der Waals surface area contributed by atoms with Gasteiger partial charge in [-0.1, -0.05) is 0 Å². The SMILES string of the molecule is O=C=NC(F)(F)S(=O)(=O)O. The molecule has 0 bridgehead atoms. The van der Waals surface area contributed by atoms with Crippen LogP contribution in [0.15, 0.2) is 4.99 Å². The number of hydrogen-bond acceptors (Lipinski definition) is 4. The molecule has 10 heavy (non-hydrogen) atoms. The number of hydrogen-bond donors (Lipinski definition) is 1. The molecule has 0 aliphatic carbocycles. The predicted octanol–water partition coefficient (Wildman–Crippen LogP) is -0.240. The molecule has 0 amide bonds. The smallest absolute Gasteiger partial charge is 0.279 e. The molecule has 0 aromatic rings. The fraction of sp³-hybridized carbons (Fsp3) is 0.500. The molecule has 0 aliphatic heterocycles. The lowest BCUT2D eigenvalue weighted by Gasteiger charge is -2.01. The Labute approximate surface area is 54.1 Å². The Morgan fingerprint density at radius 1 is 1.50 bits per heavy atom.